The first kappa shape index (κ1) is 27.0. The molecule has 0 bridgehead atoms. The van der Waals surface area contributed by atoms with Gasteiger partial charge in [-0.15, -0.1) is 0 Å². The van der Waals surface area contributed by atoms with Crippen LogP contribution in [0.1, 0.15) is 74.6 Å². The lowest BCUT2D eigenvalue weighted by Gasteiger charge is -2.34. The van der Waals surface area contributed by atoms with Crippen LogP contribution >= 0.6 is 0 Å². The van der Waals surface area contributed by atoms with Gasteiger partial charge < -0.3 is 9.80 Å². The SMILES string of the molecule is CCCN(Cc1ccc(C#N)cc1)C(=O)C1CCCC(C(=O)N(CCC)Cc2ccc(C#N)cc2)C1. The number of rotatable bonds is 10. The minimum Gasteiger partial charge on any atom is -0.338 e. The number of nitrogens with zero attached hydrogens (tertiary/aromatic N) is 4. The molecule has 0 saturated heterocycles. The lowest BCUT2D eigenvalue weighted by Crippen LogP contribution is -2.42. The molecule has 0 heterocycles. The van der Waals surface area contributed by atoms with Crippen LogP contribution in [0.2, 0.25) is 0 Å². The highest BCUT2D eigenvalue weighted by molar-refractivity contribution is 5.82. The third-order valence-electron chi connectivity index (χ3n) is 6.90. The monoisotopic (exact) mass is 484 g/mol. The van der Waals surface area contributed by atoms with Crippen LogP contribution in [-0.4, -0.2) is 34.7 Å². The second kappa shape index (κ2) is 13.4. The highest BCUT2D eigenvalue weighted by atomic mass is 16.2. The molecule has 0 aliphatic heterocycles. The summed E-state index contributed by atoms with van der Waals surface area (Å²) in [7, 11) is 0. The number of nitriles is 2. The summed E-state index contributed by atoms with van der Waals surface area (Å²) in [6.07, 6.45) is 4.84. The van der Waals surface area contributed by atoms with E-state index in [1.807, 2.05) is 34.1 Å². The summed E-state index contributed by atoms with van der Waals surface area (Å²) in [5.74, 6) is -0.0206. The second-order valence-corrected chi connectivity index (χ2v) is 9.70. The molecule has 6 nitrogen and oxygen atoms in total. The first-order valence-electron chi connectivity index (χ1n) is 13.0. The van der Waals surface area contributed by atoms with Crippen molar-refractivity contribution in [2.24, 2.45) is 11.8 Å². The van der Waals surface area contributed by atoms with E-state index in [1.54, 1.807) is 24.3 Å². The molecule has 3 rings (SSSR count). The molecule has 1 aliphatic carbocycles. The molecule has 1 fully saturated rings. The topological polar surface area (TPSA) is 88.2 Å². The lowest BCUT2D eigenvalue weighted by atomic mass is 9.79. The van der Waals surface area contributed by atoms with Gasteiger partial charge in [-0.25, -0.2) is 0 Å². The highest BCUT2D eigenvalue weighted by Gasteiger charge is 2.35. The Labute approximate surface area is 215 Å². The number of hydrogen-bond donors (Lipinski definition) is 0. The summed E-state index contributed by atoms with van der Waals surface area (Å²) in [4.78, 5) is 30.9. The van der Waals surface area contributed by atoms with Gasteiger partial charge in [-0.2, -0.15) is 10.5 Å². The molecular weight excluding hydrogens is 448 g/mol. The van der Waals surface area contributed by atoms with E-state index in [2.05, 4.69) is 26.0 Å². The summed E-state index contributed by atoms with van der Waals surface area (Å²) in [6.45, 7) is 6.53. The average molecular weight is 485 g/mol. The maximum absolute atomic E-state index is 13.6. The van der Waals surface area contributed by atoms with Crippen molar-refractivity contribution in [3.63, 3.8) is 0 Å². The molecule has 2 aromatic carbocycles. The van der Waals surface area contributed by atoms with Crippen LogP contribution in [0.25, 0.3) is 0 Å². The molecule has 2 unspecified atom stereocenters. The minimum absolute atomic E-state index is 0.132. The van der Waals surface area contributed by atoms with Crippen LogP contribution in [0.4, 0.5) is 0 Å². The summed E-state index contributed by atoms with van der Waals surface area (Å²) >= 11 is 0. The van der Waals surface area contributed by atoms with E-state index in [0.29, 0.717) is 43.7 Å². The molecule has 36 heavy (non-hydrogen) atoms. The van der Waals surface area contributed by atoms with E-state index in [-0.39, 0.29) is 23.7 Å². The van der Waals surface area contributed by atoms with E-state index >= 15 is 0 Å². The molecule has 2 amide bonds. The van der Waals surface area contributed by atoms with E-state index < -0.39 is 0 Å². The predicted octanol–water partition coefficient (Wildman–Crippen LogP) is 5.41. The fourth-order valence-corrected chi connectivity index (χ4v) is 5.04. The van der Waals surface area contributed by atoms with Crippen molar-refractivity contribution in [2.45, 2.75) is 65.5 Å². The lowest BCUT2D eigenvalue weighted by molar-refractivity contribution is -0.142. The number of carbonyl (C=O) groups is 2. The van der Waals surface area contributed by atoms with E-state index in [9.17, 15) is 9.59 Å². The third-order valence-corrected chi connectivity index (χ3v) is 6.90. The van der Waals surface area contributed by atoms with Crippen LogP contribution in [-0.2, 0) is 22.7 Å². The maximum atomic E-state index is 13.6. The minimum atomic E-state index is -0.143. The molecule has 2 atom stereocenters. The third kappa shape index (κ3) is 7.18. The molecule has 1 aliphatic rings. The highest BCUT2D eigenvalue weighted by Crippen LogP contribution is 2.32. The predicted molar refractivity (Wildman–Crippen MR) is 139 cm³/mol. The Morgan fingerprint density at radius 2 is 1.14 bits per heavy atom. The zero-order chi connectivity index (χ0) is 25.9. The maximum Gasteiger partial charge on any atom is 0.226 e. The largest absolute Gasteiger partial charge is 0.338 e. The summed E-state index contributed by atoms with van der Waals surface area (Å²) in [5.41, 5.74) is 3.24. The van der Waals surface area contributed by atoms with Gasteiger partial charge >= 0.3 is 0 Å². The van der Waals surface area contributed by atoms with Gasteiger partial charge in [0.05, 0.1) is 23.3 Å². The fraction of sp³-hybridized carbons (Fsp3) is 0.467. The van der Waals surface area contributed by atoms with Crippen LogP contribution in [0, 0.1) is 34.5 Å². The Hall–Kier alpha value is -3.64. The molecule has 0 N–H and O–H groups in total. The van der Waals surface area contributed by atoms with E-state index in [0.717, 1.165) is 43.2 Å². The molecule has 188 valence electrons. The quantitative estimate of drug-likeness (QED) is 0.451. The van der Waals surface area contributed by atoms with Crippen molar-refractivity contribution in [1.29, 1.82) is 10.5 Å². The van der Waals surface area contributed by atoms with Gasteiger partial charge in [0.15, 0.2) is 0 Å². The Morgan fingerprint density at radius 1 is 0.750 bits per heavy atom. The summed E-state index contributed by atoms with van der Waals surface area (Å²) < 4.78 is 0. The number of carbonyl (C=O) groups excluding carboxylic acids is 2. The molecule has 6 heteroatoms. The zero-order valence-corrected chi connectivity index (χ0v) is 21.4. The standard InChI is InChI=1S/C30H36N4O2/c1-3-16-33(21-25-12-8-23(19-31)9-13-25)29(35)27-6-5-7-28(18-27)30(36)34(17-4-2)22-26-14-10-24(20-32)11-15-26/h8-15,27-28H,3-7,16-18,21-22H2,1-2H3. The van der Waals surface area contributed by atoms with Crippen molar-refractivity contribution in [1.82, 2.24) is 9.80 Å². The van der Waals surface area contributed by atoms with Crippen LogP contribution in [0.3, 0.4) is 0 Å². The zero-order valence-electron chi connectivity index (χ0n) is 21.4. The van der Waals surface area contributed by atoms with Crippen LogP contribution < -0.4 is 0 Å². The van der Waals surface area contributed by atoms with Crippen molar-refractivity contribution in [3.05, 3.63) is 70.8 Å². The van der Waals surface area contributed by atoms with Crippen molar-refractivity contribution in [3.8, 4) is 12.1 Å². The molecule has 0 spiro atoms. The van der Waals surface area contributed by atoms with Gasteiger partial charge in [0.1, 0.15) is 0 Å². The number of hydrogen-bond acceptors (Lipinski definition) is 4. The van der Waals surface area contributed by atoms with Crippen molar-refractivity contribution < 1.29 is 9.59 Å². The Morgan fingerprint density at radius 3 is 1.47 bits per heavy atom. The smallest absolute Gasteiger partial charge is 0.226 e. The Kier molecular flexibility index (Phi) is 10.1. The molecule has 0 aromatic heterocycles. The number of amides is 2. The first-order chi connectivity index (χ1) is 17.5. The van der Waals surface area contributed by atoms with E-state index in [4.69, 9.17) is 10.5 Å². The van der Waals surface area contributed by atoms with Crippen molar-refractivity contribution in [2.75, 3.05) is 13.1 Å². The Balaban J connectivity index is 1.67. The fourth-order valence-electron chi connectivity index (χ4n) is 5.04. The molecule has 2 aromatic rings. The average Bonchev–Trinajstić information content (AvgIpc) is 2.92. The van der Waals surface area contributed by atoms with Gasteiger partial charge in [-0.3, -0.25) is 9.59 Å². The summed E-state index contributed by atoms with van der Waals surface area (Å²) in [5, 5.41) is 18.1. The van der Waals surface area contributed by atoms with Crippen LogP contribution in [0.5, 0.6) is 0 Å². The molecule has 0 radical (unpaired) electrons. The van der Waals surface area contributed by atoms with Gasteiger partial charge in [-0.1, -0.05) is 44.5 Å². The normalized spacial score (nSPS) is 17.0. The van der Waals surface area contributed by atoms with Crippen LogP contribution in [0.15, 0.2) is 48.5 Å². The molecular formula is C30H36N4O2. The first-order valence-corrected chi connectivity index (χ1v) is 13.0. The van der Waals surface area contributed by atoms with Gasteiger partial charge in [-0.05, 0) is 67.5 Å². The Bertz CT molecular complexity index is 1010. The van der Waals surface area contributed by atoms with Crippen molar-refractivity contribution >= 4 is 11.8 Å². The second-order valence-electron chi connectivity index (χ2n) is 9.70. The van der Waals surface area contributed by atoms with Gasteiger partial charge in [0, 0.05) is 38.0 Å². The van der Waals surface area contributed by atoms with E-state index in [1.165, 1.54) is 0 Å². The molecule has 1 saturated carbocycles. The van der Waals surface area contributed by atoms with Gasteiger partial charge in [0.2, 0.25) is 11.8 Å². The van der Waals surface area contributed by atoms with Gasteiger partial charge in [0.25, 0.3) is 0 Å². The number of benzene rings is 2. The summed E-state index contributed by atoms with van der Waals surface area (Å²) in [6, 6.07) is 19.1.